The van der Waals surface area contributed by atoms with Gasteiger partial charge in [0.05, 0.1) is 18.9 Å². The zero-order valence-electron chi connectivity index (χ0n) is 10.7. The van der Waals surface area contributed by atoms with Crippen molar-refractivity contribution in [1.29, 1.82) is 0 Å². The van der Waals surface area contributed by atoms with Crippen LogP contribution in [0.5, 0.6) is 5.75 Å². The number of methoxy groups -OCH3 is 1. The normalized spacial score (nSPS) is 22.8. The van der Waals surface area contributed by atoms with Crippen LogP contribution < -0.4 is 15.2 Å². The van der Waals surface area contributed by atoms with Crippen LogP contribution in [-0.4, -0.2) is 33.3 Å². The van der Waals surface area contributed by atoms with Gasteiger partial charge in [-0.2, -0.15) is 0 Å². The van der Waals surface area contributed by atoms with Gasteiger partial charge < -0.3 is 15.6 Å². The monoisotopic (exact) mass is 286 g/mol. The summed E-state index contributed by atoms with van der Waals surface area (Å²) in [5.41, 5.74) is 5.87. The Morgan fingerprint density at radius 2 is 2.16 bits per heavy atom. The second kappa shape index (κ2) is 5.36. The second-order valence-corrected chi connectivity index (χ2v) is 6.48. The van der Waals surface area contributed by atoms with E-state index >= 15 is 0 Å². The molecule has 0 heterocycles. The third kappa shape index (κ3) is 3.17. The molecule has 1 aromatic carbocycles. The van der Waals surface area contributed by atoms with Crippen LogP contribution in [-0.2, 0) is 10.0 Å². The Bertz CT molecular complexity index is 553. The highest BCUT2D eigenvalue weighted by Gasteiger charge is 2.28. The fraction of sp³-hybridized carbons (Fsp3) is 0.500. The fourth-order valence-electron chi connectivity index (χ4n) is 2.07. The first-order valence-corrected chi connectivity index (χ1v) is 7.52. The Morgan fingerprint density at radius 1 is 1.47 bits per heavy atom. The van der Waals surface area contributed by atoms with Gasteiger partial charge in [0.25, 0.3) is 0 Å². The SMILES string of the molecule is COc1ccc(S(=O)(=O)NCC2CC(O)C2)c(N)c1. The average molecular weight is 286 g/mol. The minimum Gasteiger partial charge on any atom is -0.497 e. The molecule has 0 amide bonds. The van der Waals surface area contributed by atoms with Crippen LogP contribution in [0.2, 0.25) is 0 Å². The Labute approximate surface area is 112 Å². The minimum absolute atomic E-state index is 0.0492. The van der Waals surface area contributed by atoms with Crippen molar-refractivity contribution in [3.8, 4) is 5.75 Å². The van der Waals surface area contributed by atoms with Crippen molar-refractivity contribution >= 4 is 15.7 Å². The standard InChI is InChI=1S/C12H18N2O4S/c1-18-10-2-3-12(11(13)6-10)19(16,17)14-7-8-4-9(15)5-8/h2-3,6,8-9,14-15H,4-5,7,13H2,1H3. The first-order valence-electron chi connectivity index (χ1n) is 6.03. The lowest BCUT2D eigenvalue weighted by Gasteiger charge is -2.31. The van der Waals surface area contributed by atoms with Gasteiger partial charge in [0.2, 0.25) is 10.0 Å². The summed E-state index contributed by atoms with van der Waals surface area (Å²) in [5, 5.41) is 9.16. The van der Waals surface area contributed by atoms with Crippen molar-refractivity contribution in [1.82, 2.24) is 4.72 Å². The van der Waals surface area contributed by atoms with E-state index in [2.05, 4.69) is 4.72 Å². The average Bonchev–Trinajstić information content (AvgIpc) is 2.32. The maximum absolute atomic E-state index is 12.1. The number of sulfonamides is 1. The first-order chi connectivity index (χ1) is 8.92. The van der Waals surface area contributed by atoms with E-state index in [9.17, 15) is 8.42 Å². The van der Waals surface area contributed by atoms with Crippen LogP contribution >= 0.6 is 0 Å². The van der Waals surface area contributed by atoms with Gasteiger partial charge >= 0.3 is 0 Å². The maximum Gasteiger partial charge on any atom is 0.242 e. The molecule has 1 saturated carbocycles. The predicted molar refractivity (Wildman–Crippen MR) is 71.3 cm³/mol. The van der Waals surface area contributed by atoms with E-state index < -0.39 is 10.0 Å². The molecule has 0 radical (unpaired) electrons. The summed E-state index contributed by atoms with van der Waals surface area (Å²) in [6.45, 7) is 0.324. The highest BCUT2D eigenvalue weighted by molar-refractivity contribution is 7.89. The van der Waals surface area contributed by atoms with Crippen molar-refractivity contribution in [3.63, 3.8) is 0 Å². The molecule has 0 aromatic heterocycles. The summed E-state index contributed by atoms with van der Waals surface area (Å²) in [7, 11) is -2.13. The summed E-state index contributed by atoms with van der Waals surface area (Å²) in [4.78, 5) is 0.0492. The Hall–Kier alpha value is -1.31. The molecule has 19 heavy (non-hydrogen) atoms. The molecule has 1 fully saturated rings. The largest absolute Gasteiger partial charge is 0.497 e. The molecule has 0 bridgehead atoms. The van der Waals surface area contributed by atoms with Crippen molar-refractivity contribution in [2.45, 2.75) is 23.8 Å². The van der Waals surface area contributed by atoms with Gasteiger partial charge in [-0.05, 0) is 30.9 Å². The van der Waals surface area contributed by atoms with Crippen molar-refractivity contribution in [3.05, 3.63) is 18.2 Å². The Kier molecular flexibility index (Phi) is 3.98. The number of hydrogen-bond acceptors (Lipinski definition) is 5. The van der Waals surface area contributed by atoms with E-state index in [1.54, 1.807) is 6.07 Å². The predicted octanol–water partition coefficient (Wildman–Crippen LogP) is 0.327. The number of aliphatic hydroxyl groups is 1. The fourth-order valence-corrected chi connectivity index (χ4v) is 3.30. The van der Waals surface area contributed by atoms with Gasteiger partial charge in [-0.1, -0.05) is 0 Å². The number of benzene rings is 1. The van der Waals surface area contributed by atoms with Crippen molar-refractivity contribution in [2.24, 2.45) is 5.92 Å². The highest BCUT2D eigenvalue weighted by Crippen LogP contribution is 2.28. The second-order valence-electron chi connectivity index (χ2n) is 4.75. The Morgan fingerprint density at radius 3 is 2.68 bits per heavy atom. The number of nitrogens with one attached hydrogen (secondary N) is 1. The third-order valence-electron chi connectivity index (χ3n) is 3.28. The van der Waals surface area contributed by atoms with E-state index in [1.807, 2.05) is 0 Å². The quantitative estimate of drug-likeness (QED) is 0.677. The molecular formula is C12H18N2O4S. The molecule has 1 aliphatic rings. The van der Waals surface area contributed by atoms with Gasteiger partial charge in [-0.15, -0.1) is 0 Å². The molecule has 2 rings (SSSR count). The number of nitrogens with two attached hydrogens (primary N) is 1. The van der Waals surface area contributed by atoms with E-state index in [-0.39, 0.29) is 22.6 Å². The summed E-state index contributed by atoms with van der Waals surface area (Å²) in [6.07, 6.45) is 0.988. The molecule has 106 valence electrons. The van der Waals surface area contributed by atoms with Gasteiger partial charge in [0, 0.05) is 12.6 Å². The third-order valence-corrected chi connectivity index (χ3v) is 4.78. The molecule has 1 aliphatic carbocycles. The summed E-state index contributed by atoms with van der Waals surface area (Å²) >= 11 is 0. The minimum atomic E-state index is -3.62. The number of hydrogen-bond donors (Lipinski definition) is 3. The highest BCUT2D eigenvalue weighted by atomic mass is 32.2. The van der Waals surface area contributed by atoms with Crippen LogP contribution in [0.25, 0.3) is 0 Å². The smallest absolute Gasteiger partial charge is 0.242 e. The molecule has 4 N–H and O–H groups in total. The maximum atomic E-state index is 12.1. The molecule has 0 aliphatic heterocycles. The number of ether oxygens (including phenoxy) is 1. The van der Waals surface area contributed by atoms with Crippen LogP contribution in [0, 0.1) is 5.92 Å². The molecule has 6 nitrogen and oxygen atoms in total. The van der Waals surface area contributed by atoms with Crippen LogP contribution in [0.1, 0.15) is 12.8 Å². The zero-order valence-corrected chi connectivity index (χ0v) is 11.5. The van der Waals surface area contributed by atoms with Gasteiger partial charge in [0.1, 0.15) is 10.6 Å². The summed E-state index contributed by atoms with van der Waals surface area (Å²) in [6, 6.07) is 4.45. The van der Waals surface area contributed by atoms with E-state index in [0.29, 0.717) is 25.1 Å². The van der Waals surface area contributed by atoms with Gasteiger partial charge in [0.15, 0.2) is 0 Å². The number of aliphatic hydroxyl groups excluding tert-OH is 1. The number of nitrogen functional groups attached to an aromatic ring is 1. The lowest BCUT2D eigenvalue weighted by Crippen LogP contribution is -2.38. The molecular weight excluding hydrogens is 268 g/mol. The molecule has 0 atom stereocenters. The summed E-state index contributed by atoms with van der Waals surface area (Å²) in [5.74, 6) is 0.711. The zero-order chi connectivity index (χ0) is 14.0. The molecule has 7 heteroatoms. The topological polar surface area (TPSA) is 102 Å². The van der Waals surface area contributed by atoms with Gasteiger partial charge in [-0.3, -0.25) is 0 Å². The lowest BCUT2D eigenvalue weighted by molar-refractivity contribution is 0.0453. The van der Waals surface area contributed by atoms with E-state index in [4.69, 9.17) is 15.6 Å². The first kappa shape index (κ1) is 14.1. The molecule has 0 unspecified atom stereocenters. The Balaban J connectivity index is 2.06. The number of rotatable bonds is 5. The molecule has 0 spiro atoms. The lowest BCUT2D eigenvalue weighted by atomic mass is 9.83. The molecule has 0 saturated heterocycles. The molecule has 1 aromatic rings. The van der Waals surface area contributed by atoms with E-state index in [1.165, 1.54) is 19.2 Å². The van der Waals surface area contributed by atoms with Crippen LogP contribution in [0.3, 0.4) is 0 Å². The summed E-state index contributed by atoms with van der Waals surface area (Å²) < 4.78 is 31.7. The van der Waals surface area contributed by atoms with Crippen LogP contribution in [0.4, 0.5) is 5.69 Å². The van der Waals surface area contributed by atoms with E-state index in [0.717, 1.165) is 0 Å². The van der Waals surface area contributed by atoms with Crippen molar-refractivity contribution in [2.75, 3.05) is 19.4 Å². The van der Waals surface area contributed by atoms with Gasteiger partial charge in [-0.25, -0.2) is 13.1 Å². The van der Waals surface area contributed by atoms with Crippen molar-refractivity contribution < 1.29 is 18.3 Å². The van der Waals surface area contributed by atoms with Crippen LogP contribution in [0.15, 0.2) is 23.1 Å². The number of anilines is 1.